The van der Waals surface area contributed by atoms with Crippen LogP contribution in [0.15, 0.2) is 42.5 Å². The number of aryl methyl sites for hydroxylation is 1. The Labute approximate surface area is 191 Å². The highest BCUT2D eigenvalue weighted by Gasteiger charge is 2.41. The summed E-state index contributed by atoms with van der Waals surface area (Å²) in [5.41, 5.74) is -1.73. The summed E-state index contributed by atoms with van der Waals surface area (Å²) >= 11 is 17.9. The number of halogens is 6. The Morgan fingerprint density at radius 3 is 2.32 bits per heavy atom. The van der Waals surface area contributed by atoms with Crippen molar-refractivity contribution in [2.75, 3.05) is 0 Å². The molecule has 0 saturated heterocycles. The summed E-state index contributed by atoms with van der Waals surface area (Å²) in [6, 6.07) is 10.3. The van der Waals surface area contributed by atoms with E-state index in [-0.39, 0.29) is 21.4 Å². The van der Waals surface area contributed by atoms with Crippen LogP contribution in [0, 0.1) is 0 Å². The molecule has 0 atom stereocenters. The van der Waals surface area contributed by atoms with Gasteiger partial charge in [0.2, 0.25) is 5.88 Å². The maximum atomic E-state index is 13.6. The predicted molar refractivity (Wildman–Crippen MR) is 113 cm³/mol. The first-order valence-electron chi connectivity index (χ1n) is 8.57. The van der Waals surface area contributed by atoms with E-state index in [2.05, 4.69) is 5.10 Å². The van der Waals surface area contributed by atoms with Crippen molar-refractivity contribution in [3.8, 4) is 11.6 Å². The molecule has 0 unspecified atom stereocenters. The molecular formula is C19H14Cl3F3N2O3S. The fourth-order valence-corrected chi connectivity index (χ4v) is 5.08. The fourth-order valence-electron chi connectivity index (χ4n) is 2.82. The first-order valence-corrected chi connectivity index (χ1v) is 11.5. The summed E-state index contributed by atoms with van der Waals surface area (Å²) in [7, 11) is -2.88. The number of benzene rings is 2. The summed E-state index contributed by atoms with van der Waals surface area (Å²) in [4.78, 5) is 0. The van der Waals surface area contributed by atoms with Crippen LogP contribution in [0.2, 0.25) is 15.1 Å². The molecule has 0 aliphatic rings. The van der Waals surface area contributed by atoms with Gasteiger partial charge in [0.15, 0.2) is 15.5 Å². The summed E-state index contributed by atoms with van der Waals surface area (Å²) in [5.74, 6) is -1.94. The molecule has 0 fully saturated rings. The highest BCUT2D eigenvalue weighted by molar-refractivity contribution is 7.89. The van der Waals surface area contributed by atoms with Crippen molar-refractivity contribution in [2.24, 2.45) is 7.05 Å². The van der Waals surface area contributed by atoms with Gasteiger partial charge in [-0.1, -0.05) is 53.0 Å². The molecule has 0 amide bonds. The minimum absolute atomic E-state index is 0.00690. The lowest BCUT2D eigenvalue weighted by molar-refractivity contribution is -0.141. The lowest BCUT2D eigenvalue weighted by atomic mass is 10.2. The van der Waals surface area contributed by atoms with E-state index in [9.17, 15) is 21.6 Å². The molecular weight excluding hydrogens is 500 g/mol. The van der Waals surface area contributed by atoms with E-state index in [0.717, 1.165) is 4.68 Å². The van der Waals surface area contributed by atoms with Crippen molar-refractivity contribution in [3.05, 3.63) is 74.4 Å². The third-order valence-corrected chi connectivity index (χ3v) is 6.53. The number of ether oxygens (including phenoxy) is 1. The third kappa shape index (κ3) is 5.65. The van der Waals surface area contributed by atoms with Gasteiger partial charge < -0.3 is 4.74 Å². The maximum absolute atomic E-state index is 13.6. The molecule has 5 nitrogen and oxygen atoms in total. The van der Waals surface area contributed by atoms with Gasteiger partial charge in [-0.25, -0.2) is 13.1 Å². The Morgan fingerprint density at radius 1 is 1.03 bits per heavy atom. The van der Waals surface area contributed by atoms with Gasteiger partial charge in [-0.15, -0.1) is 0 Å². The maximum Gasteiger partial charge on any atom is 0.435 e. The van der Waals surface area contributed by atoms with Gasteiger partial charge in [0, 0.05) is 17.1 Å². The van der Waals surface area contributed by atoms with Crippen molar-refractivity contribution in [3.63, 3.8) is 0 Å². The lowest BCUT2D eigenvalue weighted by Gasteiger charge is -2.12. The quantitative estimate of drug-likeness (QED) is 0.388. The Morgan fingerprint density at radius 2 is 1.71 bits per heavy atom. The fraction of sp³-hybridized carbons (Fsp3) is 0.211. The Kier molecular flexibility index (Phi) is 6.81. The number of hydrogen-bond acceptors (Lipinski definition) is 4. The highest BCUT2D eigenvalue weighted by atomic mass is 35.5. The van der Waals surface area contributed by atoms with Crippen LogP contribution in [0.4, 0.5) is 13.2 Å². The van der Waals surface area contributed by atoms with Crippen molar-refractivity contribution < 1.29 is 26.3 Å². The summed E-state index contributed by atoms with van der Waals surface area (Å²) < 4.78 is 72.6. The van der Waals surface area contributed by atoms with E-state index in [1.165, 1.54) is 37.4 Å². The van der Waals surface area contributed by atoms with Crippen LogP contribution in [0.3, 0.4) is 0 Å². The number of sulfone groups is 1. The molecule has 0 aliphatic carbocycles. The van der Waals surface area contributed by atoms with Gasteiger partial charge in [-0.2, -0.15) is 18.3 Å². The van der Waals surface area contributed by atoms with Crippen molar-refractivity contribution >= 4 is 44.6 Å². The Hall–Kier alpha value is -1.94. The molecule has 0 saturated carbocycles. The van der Waals surface area contributed by atoms with E-state index in [1.54, 1.807) is 12.1 Å². The smallest absolute Gasteiger partial charge is 0.435 e. The zero-order valence-corrected chi connectivity index (χ0v) is 18.8. The second-order valence-electron chi connectivity index (χ2n) is 6.55. The first kappa shape index (κ1) is 23.7. The molecule has 2 aromatic carbocycles. The molecule has 0 bridgehead atoms. The second-order valence-corrected chi connectivity index (χ2v) is 9.87. The molecule has 1 aromatic heterocycles. The highest BCUT2D eigenvalue weighted by Crippen LogP contribution is 2.40. The van der Waals surface area contributed by atoms with Crippen LogP contribution in [0.25, 0.3) is 0 Å². The van der Waals surface area contributed by atoms with E-state index in [4.69, 9.17) is 39.5 Å². The lowest BCUT2D eigenvalue weighted by Crippen LogP contribution is -2.14. The zero-order chi connectivity index (χ0) is 23.0. The average molecular weight is 514 g/mol. The van der Waals surface area contributed by atoms with Crippen LogP contribution in [-0.2, 0) is 34.6 Å². The molecule has 0 radical (unpaired) electrons. The molecule has 31 heavy (non-hydrogen) atoms. The van der Waals surface area contributed by atoms with Crippen molar-refractivity contribution in [1.29, 1.82) is 0 Å². The second kappa shape index (κ2) is 8.90. The molecule has 166 valence electrons. The number of hydrogen-bond donors (Lipinski definition) is 0. The number of nitrogens with zero attached hydrogens (tertiary/aromatic N) is 2. The molecule has 0 spiro atoms. The van der Waals surface area contributed by atoms with Crippen LogP contribution in [0.1, 0.15) is 16.8 Å². The molecule has 3 aromatic rings. The SMILES string of the molecule is Cn1nc(C(F)(F)F)c(CS(=O)(=O)Cc2ccccc2Cl)c1Oc1ccc(Cl)cc1Cl. The third-order valence-electron chi connectivity index (χ3n) is 4.15. The van der Waals surface area contributed by atoms with Gasteiger partial charge >= 0.3 is 6.18 Å². The first-order chi connectivity index (χ1) is 14.4. The summed E-state index contributed by atoms with van der Waals surface area (Å²) in [6.07, 6.45) is -4.90. The minimum atomic E-state index is -4.90. The molecule has 1 heterocycles. The van der Waals surface area contributed by atoms with E-state index < -0.39 is 44.7 Å². The van der Waals surface area contributed by atoms with Crippen LogP contribution >= 0.6 is 34.8 Å². The predicted octanol–water partition coefficient (Wildman–Crippen LogP) is 6.31. The van der Waals surface area contributed by atoms with E-state index in [1.807, 2.05) is 0 Å². The zero-order valence-electron chi connectivity index (χ0n) is 15.8. The topological polar surface area (TPSA) is 61.2 Å². The minimum Gasteiger partial charge on any atom is -0.437 e. The van der Waals surface area contributed by atoms with Gasteiger partial charge in [0.05, 0.1) is 22.1 Å². The van der Waals surface area contributed by atoms with Gasteiger partial charge in [-0.3, -0.25) is 0 Å². The average Bonchev–Trinajstić information content (AvgIpc) is 2.94. The normalized spacial score (nSPS) is 12.2. The van der Waals surface area contributed by atoms with Crippen LogP contribution in [-0.4, -0.2) is 18.2 Å². The summed E-state index contributed by atoms with van der Waals surface area (Å²) in [6.45, 7) is 0. The standard InChI is InChI=1S/C19H14Cl3F3N2O3S/c1-27-18(30-16-7-6-12(20)8-15(16)22)13(17(26-27)19(23,24)25)10-31(28,29)9-11-4-2-3-5-14(11)21/h2-8H,9-10H2,1H3. The number of alkyl halides is 3. The van der Waals surface area contributed by atoms with Crippen LogP contribution < -0.4 is 4.74 Å². The summed E-state index contributed by atoms with van der Waals surface area (Å²) in [5, 5.41) is 3.96. The monoisotopic (exact) mass is 512 g/mol. The molecule has 12 heteroatoms. The van der Waals surface area contributed by atoms with Crippen molar-refractivity contribution in [1.82, 2.24) is 9.78 Å². The molecule has 3 rings (SSSR count). The number of aromatic nitrogens is 2. The van der Waals surface area contributed by atoms with Gasteiger partial charge in [0.1, 0.15) is 5.75 Å². The van der Waals surface area contributed by atoms with Gasteiger partial charge in [0.25, 0.3) is 0 Å². The van der Waals surface area contributed by atoms with E-state index >= 15 is 0 Å². The Bertz CT molecular complexity index is 1230. The van der Waals surface area contributed by atoms with Crippen LogP contribution in [0.5, 0.6) is 11.6 Å². The van der Waals surface area contributed by atoms with Crippen molar-refractivity contribution in [2.45, 2.75) is 17.7 Å². The largest absolute Gasteiger partial charge is 0.437 e. The van der Waals surface area contributed by atoms with E-state index in [0.29, 0.717) is 5.02 Å². The Balaban J connectivity index is 2.04. The van der Waals surface area contributed by atoms with Gasteiger partial charge in [-0.05, 0) is 29.8 Å². The number of rotatable bonds is 6. The molecule has 0 N–H and O–H groups in total. The molecule has 0 aliphatic heterocycles.